The molecule has 0 N–H and O–H groups in total. The highest BCUT2D eigenvalue weighted by atomic mass is 16.2. The number of hydrogen-bond donors (Lipinski definition) is 0. The number of rotatable bonds is 5. The highest BCUT2D eigenvalue weighted by molar-refractivity contribution is 5.76. The van der Waals surface area contributed by atoms with E-state index in [-0.39, 0.29) is 5.91 Å². The molecule has 0 radical (unpaired) electrons. The molecular weight excluding hydrogens is 210 g/mol. The van der Waals surface area contributed by atoms with E-state index in [1.807, 2.05) is 32.3 Å². The Morgan fingerprint density at radius 3 is 2.29 bits per heavy atom. The van der Waals surface area contributed by atoms with Crippen molar-refractivity contribution in [2.75, 3.05) is 14.1 Å². The van der Waals surface area contributed by atoms with Gasteiger partial charge in [-0.25, -0.2) is 0 Å². The summed E-state index contributed by atoms with van der Waals surface area (Å²) >= 11 is 0. The minimum absolute atomic E-state index is 0.208. The highest BCUT2D eigenvalue weighted by Gasteiger charge is 2.21. The van der Waals surface area contributed by atoms with Crippen LogP contribution in [0.25, 0.3) is 0 Å². The van der Waals surface area contributed by atoms with Crippen molar-refractivity contribution in [3.8, 4) is 0 Å². The standard InChI is InChI=1S/C15H23NO/c1-5-12(2)14(11-15(17)16(3)4)13-9-7-6-8-10-13/h6-10,12,14H,5,11H2,1-4H3. The van der Waals surface area contributed by atoms with Gasteiger partial charge in [0.15, 0.2) is 0 Å². The van der Waals surface area contributed by atoms with E-state index < -0.39 is 0 Å². The molecule has 94 valence electrons. The summed E-state index contributed by atoms with van der Waals surface area (Å²) in [5, 5.41) is 0. The lowest BCUT2D eigenvalue weighted by molar-refractivity contribution is -0.129. The lowest BCUT2D eigenvalue weighted by atomic mass is 9.83. The summed E-state index contributed by atoms with van der Waals surface area (Å²) < 4.78 is 0. The highest BCUT2D eigenvalue weighted by Crippen LogP contribution is 2.30. The molecule has 2 unspecified atom stereocenters. The second kappa shape index (κ2) is 6.43. The Morgan fingerprint density at radius 2 is 1.82 bits per heavy atom. The molecule has 1 aromatic rings. The first-order valence-electron chi connectivity index (χ1n) is 6.31. The molecule has 1 rings (SSSR count). The molecule has 0 bridgehead atoms. The van der Waals surface area contributed by atoms with E-state index >= 15 is 0 Å². The topological polar surface area (TPSA) is 20.3 Å². The average molecular weight is 233 g/mol. The molecule has 2 heteroatoms. The van der Waals surface area contributed by atoms with Gasteiger partial charge in [0.1, 0.15) is 0 Å². The Kier molecular flexibility index (Phi) is 5.20. The SMILES string of the molecule is CCC(C)C(CC(=O)N(C)C)c1ccccc1. The molecule has 17 heavy (non-hydrogen) atoms. The number of hydrogen-bond acceptors (Lipinski definition) is 1. The van der Waals surface area contributed by atoms with Crippen LogP contribution in [0.1, 0.15) is 38.2 Å². The third-order valence-corrected chi connectivity index (χ3v) is 3.45. The zero-order chi connectivity index (χ0) is 12.8. The van der Waals surface area contributed by atoms with Crippen molar-refractivity contribution in [3.63, 3.8) is 0 Å². The zero-order valence-electron chi connectivity index (χ0n) is 11.3. The predicted octanol–water partition coefficient (Wildman–Crippen LogP) is 3.29. The van der Waals surface area contributed by atoms with E-state index in [1.165, 1.54) is 5.56 Å². The summed E-state index contributed by atoms with van der Waals surface area (Å²) in [4.78, 5) is 13.6. The summed E-state index contributed by atoms with van der Waals surface area (Å²) in [5.74, 6) is 1.07. The van der Waals surface area contributed by atoms with Crippen LogP contribution in [0.3, 0.4) is 0 Å². The van der Waals surface area contributed by atoms with E-state index in [9.17, 15) is 4.79 Å². The van der Waals surface area contributed by atoms with Gasteiger partial charge in [0.25, 0.3) is 0 Å². The largest absolute Gasteiger partial charge is 0.349 e. The van der Waals surface area contributed by atoms with Crippen LogP contribution in [0.15, 0.2) is 30.3 Å². The Bertz CT molecular complexity index is 345. The van der Waals surface area contributed by atoms with E-state index in [2.05, 4.69) is 26.0 Å². The van der Waals surface area contributed by atoms with Gasteiger partial charge in [0.05, 0.1) is 0 Å². The number of carbonyl (C=O) groups is 1. The maximum atomic E-state index is 11.9. The zero-order valence-corrected chi connectivity index (χ0v) is 11.3. The molecule has 1 aromatic carbocycles. The second-order valence-corrected chi connectivity index (χ2v) is 4.89. The predicted molar refractivity (Wildman–Crippen MR) is 71.9 cm³/mol. The number of nitrogens with zero attached hydrogens (tertiary/aromatic N) is 1. The van der Waals surface area contributed by atoms with Gasteiger partial charge in [0.2, 0.25) is 5.91 Å². The van der Waals surface area contributed by atoms with Crippen LogP contribution in [-0.4, -0.2) is 24.9 Å². The van der Waals surface area contributed by atoms with Gasteiger partial charge in [-0.2, -0.15) is 0 Å². The average Bonchev–Trinajstić information content (AvgIpc) is 2.35. The molecule has 0 aliphatic heterocycles. The third kappa shape index (κ3) is 3.88. The van der Waals surface area contributed by atoms with Gasteiger partial charge in [0, 0.05) is 20.5 Å². The molecule has 0 heterocycles. The van der Waals surface area contributed by atoms with Gasteiger partial charge >= 0.3 is 0 Å². The molecule has 0 aliphatic carbocycles. The lowest BCUT2D eigenvalue weighted by Gasteiger charge is -2.24. The minimum Gasteiger partial charge on any atom is -0.349 e. The van der Waals surface area contributed by atoms with E-state index in [1.54, 1.807) is 4.90 Å². The first-order valence-corrected chi connectivity index (χ1v) is 6.31. The summed E-state index contributed by atoms with van der Waals surface area (Å²) in [7, 11) is 3.64. The minimum atomic E-state index is 0.208. The van der Waals surface area contributed by atoms with Gasteiger partial charge in [-0.1, -0.05) is 50.6 Å². The monoisotopic (exact) mass is 233 g/mol. The van der Waals surface area contributed by atoms with Crippen LogP contribution in [0, 0.1) is 5.92 Å². The molecule has 1 amide bonds. The maximum absolute atomic E-state index is 11.9. The van der Waals surface area contributed by atoms with Crippen molar-refractivity contribution in [3.05, 3.63) is 35.9 Å². The fourth-order valence-electron chi connectivity index (χ4n) is 2.00. The Balaban J connectivity index is 2.85. The smallest absolute Gasteiger partial charge is 0.222 e. The molecule has 0 saturated heterocycles. The molecule has 0 spiro atoms. The van der Waals surface area contributed by atoms with Crippen molar-refractivity contribution >= 4 is 5.91 Å². The van der Waals surface area contributed by atoms with Gasteiger partial charge in [-0.15, -0.1) is 0 Å². The fourth-order valence-corrected chi connectivity index (χ4v) is 2.00. The number of benzene rings is 1. The summed E-state index contributed by atoms with van der Waals surface area (Å²) in [5.41, 5.74) is 1.28. The van der Waals surface area contributed by atoms with Gasteiger partial charge in [-0.3, -0.25) is 4.79 Å². The molecule has 0 fully saturated rings. The van der Waals surface area contributed by atoms with Crippen molar-refractivity contribution in [1.82, 2.24) is 4.90 Å². The van der Waals surface area contributed by atoms with E-state index in [0.29, 0.717) is 18.3 Å². The number of amides is 1. The molecule has 0 saturated carbocycles. The molecular formula is C15H23NO. The van der Waals surface area contributed by atoms with E-state index in [0.717, 1.165) is 6.42 Å². The maximum Gasteiger partial charge on any atom is 0.222 e. The number of carbonyl (C=O) groups excluding carboxylic acids is 1. The molecule has 0 aliphatic rings. The van der Waals surface area contributed by atoms with Crippen molar-refractivity contribution < 1.29 is 4.79 Å². The van der Waals surface area contributed by atoms with Crippen LogP contribution in [-0.2, 0) is 4.79 Å². The van der Waals surface area contributed by atoms with E-state index in [4.69, 9.17) is 0 Å². The Labute approximate surface area is 105 Å². The van der Waals surface area contributed by atoms with Crippen LogP contribution < -0.4 is 0 Å². The summed E-state index contributed by atoms with van der Waals surface area (Å²) in [6, 6.07) is 10.4. The van der Waals surface area contributed by atoms with Gasteiger partial charge in [-0.05, 0) is 17.4 Å². The third-order valence-electron chi connectivity index (χ3n) is 3.45. The van der Waals surface area contributed by atoms with Gasteiger partial charge < -0.3 is 4.90 Å². The Hall–Kier alpha value is -1.31. The first-order chi connectivity index (χ1) is 8.06. The first kappa shape index (κ1) is 13.8. The van der Waals surface area contributed by atoms with Crippen molar-refractivity contribution in [2.45, 2.75) is 32.6 Å². The van der Waals surface area contributed by atoms with Crippen molar-refractivity contribution in [1.29, 1.82) is 0 Å². The normalized spacial score (nSPS) is 14.1. The van der Waals surface area contributed by atoms with Crippen LogP contribution >= 0.6 is 0 Å². The van der Waals surface area contributed by atoms with Crippen LogP contribution in [0.5, 0.6) is 0 Å². The van der Waals surface area contributed by atoms with Crippen LogP contribution in [0.4, 0.5) is 0 Å². The Morgan fingerprint density at radius 1 is 1.24 bits per heavy atom. The molecule has 0 aromatic heterocycles. The quantitative estimate of drug-likeness (QED) is 0.764. The summed E-state index contributed by atoms with van der Waals surface area (Å²) in [6.07, 6.45) is 1.70. The van der Waals surface area contributed by atoms with Crippen molar-refractivity contribution in [2.24, 2.45) is 5.92 Å². The summed E-state index contributed by atoms with van der Waals surface area (Å²) in [6.45, 7) is 4.40. The van der Waals surface area contributed by atoms with Crippen LogP contribution in [0.2, 0.25) is 0 Å². The lowest BCUT2D eigenvalue weighted by Crippen LogP contribution is -2.25. The molecule has 2 atom stereocenters. The second-order valence-electron chi connectivity index (χ2n) is 4.89. The fraction of sp³-hybridized carbons (Fsp3) is 0.533. The molecule has 2 nitrogen and oxygen atoms in total.